The summed E-state index contributed by atoms with van der Waals surface area (Å²) >= 11 is 0. The molecule has 0 aliphatic rings. The molecule has 0 unspecified atom stereocenters. The highest BCUT2D eigenvalue weighted by Gasteiger charge is 2.15. The van der Waals surface area contributed by atoms with Crippen LogP contribution in [0.15, 0.2) is 0 Å². The predicted octanol–water partition coefficient (Wildman–Crippen LogP) is 14.0. The van der Waals surface area contributed by atoms with Gasteiger partial charge in [0.05, 0.1) is 54.4 Å². The molecule has 0 amide bonds. The minimum absolute atomic E-state index is 1.19. The molecule has 0 saturated heterocycles. The van der Waals surface area contributed by atoms with Gasteiger partial charge in [-0.2, -0.15) is 0 Å². The van der Waals surface area contributed by atoms with E-state index in [0.29, 0.717) is 0 Å². The third-order valence-corrected chi connectivity index (χ3v) is 11.5. The maximum absolute atomic E-state index is 3.76. The molecule has 0 bridgehead atoms. The quantitative estimate of drug-likeness (QED) is 0.0496. The average molecular weight is 694 g/mol. The second-order valence-electron chi connectivity index (χ2n) is 17.8. The Bertz CT molecular complexity index is 563. The Labute approximate surface area is 313 Å². The molecule has 3 nitrogen and oxygen atoms in total. The molecule has 1 N–H and O–H groups in total. The van der Waals surface area contributed by atoms with E-state index < -0.39 is 0 Å². The number of rotatable bonds is 42. The van der Waals surface area contributed by atoms with Crippen LogP contribution in [0.2, 0.25) is 0 Å². The average Bonchev–Trinajstić information content (AvgIpc) is 3.07. The molecule has 0 rings (SSSR count). The third-order valence-electron chi connectivity index (χ3n) is 11.5. The van der Waals surface area contributed by atoms with E-state index in [9.17, 15) is 0 Å². The van der Waals surface area contributed by atoms with Crippen molar-refractivity contribution in [3.63, 3.8) is 0 Å². The second-order valence-corrected chi connectivity index (χ2v) is 17.8. The zero-order valence-electron chi connectivity index (χ0n) is 35.7. The van der Waals surface area contributed by atoms with Crippen molar-refractivity contribution in [1.29, 1.82) is 0 Å². The van der Waals surface area contributed by atoms with E-state index in [4.69, 9.17) is 0 Å². The smallest absolute Gasteiger partial charge is 0.0794 e. The van der Waals surface area contributed by atoms with Crippen LogP contribution in [0.1, 0.15) is 232 Å². The summed E-state index contributed by atoms with van der Waals surface area (Å²) in [6.45, 7) is 12.3. The number of hydrogen-bond donors (Lipinski definition) is 1. The fourth-order valence-corrected chi connectivity index (χ4v) is 7.79. The maximum atomic E-state index is 3.76. The summed E-state index contributed by atoms with van der Waals surface area (Å²) in [7, 11) is 9.79. The van der Waals surface area contributed by atoms with Gasteiger partial charge in [0.15, 0.2) is 0 Å². The molecule has 296 valence electrons. The van der Waals surface area contributed by atoms with E-state index in [-0.39, 0.29) is 0 Å². The Morgan fingerprint density at radius 2 is 0.429 bits per heavy atom. The first-order chi connectivity index (χ1) is 23.8. The topological polar surface area (TPSA) is 12.0 Å². The van der Waals surface area contributed by atoms with Gasteiger partial charge in [-0.25, -0.2) is 0 Å². The Morgan fingerprint density at radius 1 is 0.245 bits per heavy atom. The monoisotopic (exact) mass is 694 g/mol. The molecule has 0 aliphatic heterocycles. The summed E-state index contributed by atoms with van der Waals surface area (Å²) in [6.07, 6.45) is 49.2. The van der Waals surface area contributed by atoms with Crippen molar-refractivity contribution in [3.8, 4) is 0 Å². The van der Waals surface area contributed by atoms with E-state index in [1.165, 1.54) is 267 Å². The summed E-state index contributed by atoms with van der Waals surface area (Å²) in [6, 6.07) is 0. The van der Waals surface area contributed by atoms with Crippen molar-refractivity contribution in [2.24, 2.45) is 0 Å². The Kier molecular flexibility index (Phi) is 37.5. The first kappa shape index (κ1) is 48.9. The summed E-state index contributed by atoms with van der Waals surface area (Å²) in [5.41, 5.74) is 0. The lowest BCUT2D eigenvalue weighted by molar-refractivity contribution is -0.890. The van der Waals surface area contributed by atoms with E-state index in [2.05, 4.69) is 47.4 Å². The van der Waals surface area contributed by atoms with E-state index in [1.807, 2.05) is 0 Å². The molecule has 49 heavy (non-hydrogen) atoms. The molecule has 0 aromatic carbocycles. The maximum Gasteiger partial charge on any atom is 0.0794 e. The minimum Gasteiger partial charge on any atom is -0.328 e. The lowest BCUT2D eigenvalue weighted by Crippen LogP contribution is -2.43. The van der Waals surface area contributed by atoms with Crippen LogP contribution in [0, 0.1) is 0 Å². The fourth-order valence-electron chi connectivity index (χ4n) is 7.79. The van der Waals surface area contributed by atoms with Gasteiger partial charge in [-0.3, -0.25) is 0 Å². The SMILES string of the molecule is CCCCCCCCCCCCCCCCCC[N+](C)(C)CCCNCCC[N+](C)(C)CCCCCCCCCCCCCCCCCC. The zero-order chi connectivity index (χ0) is 36.0. The van der Waals surface area contributed by atoms with Crippen LogP contribution >= 0.6 is 0 Å². The van der Waals surface area contributed by atoms with Gasteiger partial charge in [-0.05, 0) is 25.7 Å². The second kappa shape index (κ2) is 37.6. The molecule has 0 aromatic heterocycles. The summed E-state index contributed by atoms with van der Waals surface area (Å²) in [5.74, 6) is 0. The van der Waals surface area contributed by atoms with Crippen LogP contribution in [0.25, 0.3) is 0 Å². The first-order valence-electron chi connectivity index (χ1n) is 23.2. The lowest BCUT2D eigenvalue weighted by atomic mass is 10.0. The molecule has 0 heterocycles. The van der Waals surface area contributed by atoms with Crippen LogP contribution in [0.5, 0.6) is 0 Å². The number of nitrogens with zero attached hydrogens (tertiary/aromatic N) is 2. The van der Waals surface area contributed by atoms with Crippen LogP contribution in [0.3, 0.4) is 0 Å². The largest absolute Gasteiger partial charge is 0.328 e. The number of nitrogens with one attached hydrogen (secondary N) is 1. The summed E-state index contributed by atoms with van der Waals surface area (Å²) < 4.78 is 2.40. The number of unbranched alkanes of at least 4 members (excludes halogenated alkanes) is 30. The number of hydrogen-bond acceptors (Lipinski definition) is 1. The predicted molar refractivity (Wildman–Crippen MR) is 225 cm³/mol. The Hall–Kier alpha value is -0.120. The number of quaternary nitrogens is 2. The van der Waals surface area contributed by atoms with Gasteiger partial charge in [0.25, 0.3) is 0 Å². The van der Waals surface area contributed by atoms with Gasteiger partial charge < -0.3 is 14.3 Å². The normalized spacial score (nSPS) is 12.4. The highest BCUT2D eigenvalue weighted by molar-refractivity contribution is 4.53. The van der Waals surface area contributed by atoms with Gasteiger partial charge in [0.2, 0.25) is 0 Å². The van der Waals surface area contributed by atoms with Gasteiger partial charge in [0, 0.05) is 25.9 Å². The highest BCUT2D eigenvalue weighted by Crippen LogP contribution is 2.16. The highest BCUT2D eigenvalue weighted by atomic mass is 15.3. The van der Waals surface area contributed by atoms with Crippen molar-refractivity contribution in [1.82, 2.24) is 5.32 Å². The minimum atomic E-state index is 1.19. The molecular weight excluding hydrogens is 595 g/mol. The molecule has 0 radical (unpaired) electrons. The van der Waals surface area contributed by atoms with Crippen molar-refractivity contribution in [2.75, 3.05) is 67.5 Å². The molecule has 0 fully saturated rings. The van der Waals surface area contributed by atoms with Crippen LogP contribution in [-0.4, -0.2) is 76.4 Å². The lowest BCUT2D eigenvalue weighted by Gasteiger charge is -2.30. The van der Waals surface area contributed by atoms with Gasteiger partial charge in [-0.1, -0.05) is 194 Å². The summed E-state index contributed by atoms with van der Waals surface area (Å²) in [5, 5.41) is 3.76. The first-order valence-corrected chi connectivity index (χ1v) is 23.2. The third kappa shape index (κ3) is 40.5. The van der Waals surface area contributed by atoms with Crippen molar-refractivity contribution in [2.45, 2.75) is 232 Å². The Morgan fingerprint density at radius 3 is 0.653 bits per heavy atom. The molecular formula is C46H99N3+2. The van der Waals surface area contributed by atoms with E-state index >= 15 is 0 Å². The summed E-state index contributed by atoms with van der Waals surface area (Å²) in [4.78, 5) is 0. The van der Waals surface area contributed by atoms with Gasteiger partial charge in [0.1, 0.15) is 0 Å². The molecule has 3 heteroatoms. The van der Waals surface area contributed by atoms with Gasteiger partial charge >= 0.3 is 0 Å². The molecule has 0 atom stereocenters. The van der Waals surface area contributed by atoms with E-state index in [1.54, 1.807) is 0 Å². The molecule has 0 saturated carbocycles. The fraction of sp³-hybridized carbons (Fsp3) is 1.00. The van der Waals surface area contributed by atoms with Crippen molar-refractivity contribution in [3.05, 3.63) is 0 Å². The van der Waals surface area contributed by atoms with Crippen molar-refractivity contribution >= 4 is 0 Å². The molecule has 0 aliphatic carbocycles. The van der Waals surface area contributed by atoms with Gasteiger partial charge in [-0.15, -0.1) is 0 Å². The van der Waals surface area contributed by atoms with Crippen LogP contribution in [-0.2, 0) is 0 Å². The van der Waals surface area contributed by atoms with E-state index in [0.717, 1.165) is 0 Å². The standard InChI is InChI=1S/C46H99N3/c1-7-9-11-13-15-17-19-21-23-25-27-29-31-33-35-37-43-48(3,4)45-39-41-47-42-40-46-49(5,6)44-38-36-34-32-30-28-26-24-22-20-18-16-14-12-10-8-2/h47H,7-46H2,1-6H3/q+2. The molecule has 0 spiro atoms. The molecule has 0 aromatic rings. The van der Waals surface area contributed by atoms with Crippen LogP contribution in [0.4, 0.5) is 0 Å². The van der Waals surface area contributed by atoms with Crippen molar-refractivity contribution < 1.29 is 8.97 Å². The van der Waals surface area contributed by atoms with Crippen LogP contribution < -0.4 is 5.32 Å². The zero-order valence-corrected chi connectivity index (χ0v) is 35.7. The Balaban J connectivity index is 3.44.